The van der Waals surface area contributed by atoms with Crippen LogP contribution in [0.25, 0.3) is 0 Å². The predicted octanol–water partition coefficient (Wildman–Crippen LogP) is 1.95. The van der Waals surface area contributed by atoms with Gasteiger partial charge in [0.2, 0.25) is 0 Å². The lowest BCUT2D eigenvalue weighted by atomic mass is 10.2. The maximum atomic E-state index is 4.60. The highest BCUT2D eigenvalue weighted by atomic mass is 15.2. The number of nitrogens with one attached hydrogen (secondary N) is 1. The first-order chi connectivity index (χ1) is 7.06. The second-order valence-corrected chi connectivity index (χ2v) is 4.15. The van der Waals surface area contributed by atoms with E-state index in [9.17, 15) is 0 Å². The summed E-state index contributed by atoms with van der Waals surface area (Å²) in [5.74, 6) is 1.04. The predicted molar refractivity (Wildman–Crippen MR) is 65.3 cm³/mol. The average Bonchev–Trinajstić information content (AvgIpc) is 2.20. The van der Waals surface area contributed by atoms with E-state index in [0.29, 0.717) is 6.04 Å². The molecule has 15 heavy (non-hydrogen) atoms. The van der Waals surface area contributed by atoms with Gasteiger partial charge in [0, 0.05) is 25.3 Å². The average molecular weight is 207 g/mol. The summed E-state index contributed by atoms with van der Waals surface area (Å²) in [5.41, 5.74) is 2.37. The minimum atomic E-state index is 0.479. The Morgan fingerprint density at radius 1 is 1.40 bits per heavy atom. The largest absolute Gasteiger partial charge is 0.357 e. The van der Waals surface area contributed by atoms with Gasteiger partial charge in [0.15, 0.2) is 0 Å². The molecule has 0 aliphatic rings. The lowest BCUT2D eigenvalue weighted by molar-refractivity contribution is 0.737. The Balaban J connectivity index is 2.90. The van der Waals surface area contributed by atoms with Crippen molar-refractivity contribution in [3.05, 3.63) is 23.4 Å². The zero-order valence-corrected chi connectivity index (χ0v) is 10.3. The van der Waals surface area contributed by atoms with Gasteiger partial charge in [-0.15, -0.1) is 0 Å². The Morgan fingerprint density at radius 3 is 2.53 bits per heavy atom. The molecule has 3 heteroatoms. The summed E-state index contributed by atoms with van der Waals surface area (Å²) < 4.78 is 0. The molecule has 0 saturated heterocycles. The van der Waals surface area contributed by atoms with Gasteiger partial charge in [0.1, 0.15) is 5.82 Å². The van der Waals surface area contributed by atoms with Crippen molar-refractivity contribution in [3.63, 3.8) is 0 Å². The summed E-state index contributed by atoms with van der Waals surface area (Å²) >= 11 is 0. The third-order valence-electron chi connectivity index (χ3n) is 2.68. The van der Waals surface area contributed by atoms with Crippen LogP contribution in [0.1, 0.15) is 25.1 Å². The second kappa shape index (κ2) is 5.12. The zero-order valence-electron chi connectivity index (χ0n) is 10.3. The maximum Gasteiger partial charge on any atom is 0.128 e. The summed E-state index contributed by atoms with van der Waals surface area (Å²) in [4.78, 5) is 6.78. The van der Waals surface area contributed by atoms with Crippen molar-refractivity contribution >= 4 is 5.82 Å². The first kappa shape index (κ1) is 12.0. The van der Waals surface area contributed by atoms with Crippen LogP contribution < -0.4 is 10.2 Å². The molecule has 0 unspecified atom stereocenters. The van der Waals surface area contributed by atoms with Crippen LogP contribution >= 0.6 is 0 Å². The minimum absolute atomic E-state index is 0.479. The number of pyridine rings is 1. The van der Waals surface area contributed by atoms with Gasteiger partial charge in [0.25, 0.3) is 0 Å². The highest BCUT2D eigenvalue weighted by Crippen LogP contribution is 2.15. The molecule has 0 amide bonds. The molecule has 0 radical (unpaired) electrons. The van der Waals surface area contributed by atoms with Gasteiger partial charge in [0.05, 0.1) is 0 Å². The van der Waals surface area contributed by atoms with Crippen LogP contribution in [0.15, 0.2) is 12.1 Å². The molecule has 0 fully saturated rings. The van der Waals surface area contributed by atoms with Crippen molar-refractivity contribution < 1.29 is 0 Å². The molecule has 0 spiro atoms. The maximum absolute atomic E-state index is 4.60. The third-order valence-corrected chi connectivity index (χ3v) is 2.68. The van der Waals surface area contributed by atoms with Gasteiger partial charge in [-0.1, -0.05) is 6.07 Å². The molecule has 84 valence electrons. The molecule has 0 atom stereocenters. The van der Waals surface area contributed by atoms with E-state index in [4.69, 9.17) is 0 Å². The standard InChI is InChI=1S/C12H21N3/c1-9(2)15(5)12-7-6-11(8-13-4)10(3)14-12/h6-7,9,13H,8H2,1-5H3. The van der Waals surface area contributed by atoms with Crippen LogP contribution in [0, 0.1) is 6.92 Å². The zero-order chi connectivity index (χ0) is 11.4. The first-order valence-electron chi connectivity index (χ1n) is 5.40. The number of aromatic nitrogens is 1. The number of anilines is 1. The molecular weight excluding hydrogens is 186 g/mol. The quantitative estimate of drug-likeness (QED) is 0.818. The van der Waals surface area contributed by atoms with Gasteiger partial charge in [-0.3, -0.25) is 0 Å². The van der Waals surface area contributed by atoms with Crippen LogP contribution in [0.3, 0.4) is 0 Å². The van der Waals surface area contributed by atoms with E-state index in [0.717, 1.165) is 18.1 Å². The Labute approximate surface area is 92.5 Å². The first-order valence-corrected chi connectivity index (χ1v) is 5.40. The van der Waals surface area contributed by atoms with E-state index in [1.54, 1.807) is 0 Å². The van der Waals surface area contributed by atoms with Crippen molar-refractivity contribution in [3.8, 4) is 0 Å². The van der Waals surface area contributed by atoms with Gasteiger partial charge in [-0.2, -0.15) is 0 Å². The normalized spacial score (nSPS) is 10.8. The molecule has 0 aliphatic heterocycles. The van der Waals surface area contributed by atoms with Gasteiger partial charge in [-0.05, 0) is 39.4 Å². The van der Waals surface area contributed by atoms with E-state index in [1.165, 1.54) is 5.56 Å². The lowest BCUT2D eigenvalue weighted by Crippen LogP contribution is -2.26. The van der Waals surface area contributed by atoms with E-state index in [1.807, 2.05) is 7.05 Å². The number of aryl methyl sites for hydroxylation is 1. The highest BCUT2D eigenvalue weighted by molar-refractivity contribution is 5.41. The summed E-state index contributed by atoms with van der Waals surface area (Å²) in [6.45, 7) is 7.27. The fraction of sp³-hybridized carbons (Fsp3) is 0.583. The molecule has 0 aromatic carbocycles. The Bertz CT molecular complexity index is 321. The molecule has 1 aromatic heterocycles. The number of rotatable bonds is 4. The van der Waals surface area contributed by atoms with Gasteiger partial charge in [-0.25, -0.2) is 4.98 Å². The van der Waals surface area contributed by atoms with Crippen molar-refractivity contribution in [2.24, 2.45) is 0 Å². The molecule has 1 heterocycles. The minimum Gasteiger partial charge on any atom is -0.357 e. The highest BCUT2D eigenvalue weighted by Gasteiger charge is 2.07. The van der Waals surface area contributed by atoms with E-state index < -0.39 is 0 Å². The molecule has 0 aliphatic carbocycles. The summed E-state index contributed by atoms with van der Waals surface area (Å²) in [5, 5.41) is 3.14. The Hall–Kier alpha value is -1.09. The van der Waals surface area contributed by atoms with Crippen molar-refractivity contribution in [1.82, 2.24) is 10.3 Å². The number of hydrogen-bond acceptors (Lipinski definition) is 3. The van der Waals surface area contributed by atoms with E-state index >= 15 is 0 Å². The fourth-order valence-electron chi connectivity index (χ4n) is 1.41. The number of hydrogen-bond donors (Lipinski definition) is 1. The van der Waals surface area contributed by atoms with E-state index in [2.05, 4.69) is 55.2 Å². The Kier molecular flexibility index (Phi) is 4.09. The van der Waals surface area contributed by atoms with Crippen LogP contribution in [0.5, 0.6) is 0 Å². The Morgan fingerprint density at radius 2 is 2.07 bits per heavy atom. The van der Waals surface area contributed by atoms with Crippen LogP contribution in [0.2, 0.25) is 0 Å². The third kappa shape index (κ3) is 2.93. The summed E-state index contributed by atoms with van der Waals surface area (Å²) in [7, 11) is 4.03. The molecule has 1 aromatic rings. The van der Waals surface area contributed by atoms with Crippen molar-refractivity contribution in [2.75, 3.05) is 19.0 Å². The molecule has 0 bridgehead atoms. The second-order valence-electron chi connectivity index (χ2n) is 4.15. The molecule has 0 saturated carbocycles. The summed E-state index contributed by atoms with van der Waals surface area (Å²) in [6.07, 6.45) is 0. The molecule has 1 rings (SSSR count). The fourth-order valence-corrected chi connectivity index (χ4v) is 1.41. The van der Waals surface area contributed by atoms with Crippen LogP contribution in [0.4, 0.5) is 5.82 Å². The molecule has 3 nitrogen and oxygen atoms in total. The van der Waals surface area contributed by atoms with Crippen LogP contribution in [-0.4, -0.2) is 25.1 Å². The van der Waals surface area contributed by atoms with Crippen molar-refractivity contribution in [2.45, 2.75) is 33.4 Å². The SMILES string of the molecule is CNCc1ccc(N(C)C(C)C)nc1C. The molecule has 1 N–H and O–H groups in total. The monoisotopic (exact) mass is 207 g/mol. The van der Waals surface area contributed by atoms with E-state index in [-0.39, 0.29) is 0 Å². The number of nitrogens with zero attached hydrogens (tertiary/aromatic N) is 2. The van der Waals surface area contributed by atoms with Gasteiger partial charge < -0.3 is 10.2 Å². The molecular formula is C12H21N3. The smallest absolute Gasteiger partial charge is 0.128 e. The summed E-state index contributed by atoms with van der Waals surface area (Å²) in [6, 6.07) is 4.71. The van der Waals surface area contributed by atoms with Gasteiger partial charge >= 0.3 is 0 Å². The van der Waals surface area contributed by atoms with Crippen LogP contribution in [-0.2, 0) is 6.54 Å². The topological polar surface area (TPSA) is 28.2 Å². The lowest BCUT2D eigenvalue weighted by Gasteiger charge is -2.23. The van der Waals surface area contributed by atoms with Crippen molar-refractivity contribution in [1.29, 1.82) is 0 Å².